The molecule has 18 heavy (non-hydrogen) atoms. The Morgan fingerprint density at radius 2 is 1.78 bits per heavy atom. The third-order valence-corrected chi connectivity index (χ3v) is 3.59. The summed E-state index contributed by atoms with van der Waals surface area (Å²) in [6, 6.07) is 1.79. The summed E-state index contributed by atoms with van der Waals surface area (Å²) in [4.78, 5) is 0. The highest BCUT2D eigenvalue weighted by atomic mass is 19.4. The molecule has 0 aromatic heterocycles. The van der Waals surface area contributed by atoms with Crippen molar-refractivity contribution >= 4 is 0 Å². The zero-order valence-electron chi connectivity index (χ0n) is 9.80. The average molecular weight is 261 g/mol. The van der Waals surface area contributed by atoms with Gasteiger partial charge in [-0.25, -0.2) is 4.39 Å². The third kappa shape index (κ3) is 2.66. The quantitative estimate of drug-likeness (QED) is 0.799. The molecule has 0 saturated heterocycles. The summed E-state index contributed by atoms with van der Waals surface area (Å²) in [5.41, 5.74) is 4.97. The number of hydrogen-bond donors (Lipinski definition) is 1. The lowest BCUT2D eigenvalue weighted by Gasteiger charge is -2.23. The summed E-state index contributed by atoms with van der Waals surface area (Å²) in [6.45, 7) is 0. The van der Waals surface area contributed by atoms with Crippen LogP contribution in [0.1, 0.15) is 42.9 Å². The van der Waals surface area contributed by atoms with Crippen molar-refractivity contribution in [3.8, 4) is 0 Å². The van der Waals surface area contributed by atoms with Gasteiger partial charge >= 0.3 is 6.18 Å². The van der Waals surface area contributed by atoms with Crippen LogP contribution in [0.25, 0.3) is 0 Å². The van der Waals surface area contributed by atoms with Crippen LogP contribution in [0, 0.1) is 11.7 Å². The van der Waals surface area contributed by atoms with Crippen molar-refractivity contribution in [2.75, 3.05) is 0 Å². The normalized spacial score (nSPS) is 19.2. The highest BCUT2D eigenvalue weighted by Gasteiger charge is 2.36. The van der Waals surface area contributed by atoms with Gasteiger partial charge in [-0.15, -0.1) is 0 Å². The number of hydrogen-bond acceptors (Lipinski definition) is 1. The Hall–Kier alpha value is -1.10. The van der Waals surface area contributed by atoms with Gasteiger partial charge in [-0.3, -0.25) is 0 Å². The highest BCUT2D eigenvalue weighted by Crippen LogP contribution is 2.40. The zero-order valence-corrected chi connectivity index (χ0v) is 9.80. The fraction of sp³-hybridized carbons (Fsp3) is 0.538. The second-order valence-corrected chi connectivity index (χ2v) is 4.80. The van der Waals surface area contributed by atoms with Crippen LogP contribution in [-0.4, -0.2) is 0 Å². The van der Waals surface area contributed by atoms with Gasteiger partial charge in [0.2, 0.25) is 0 Å². The molecule has 5 heteroatoms. The van der Waals surface area contributed by atoms with Crippen molar-refractivity contribution in [2.45, 2.75) is 37.9 Å². The Morgan fingerprint density at radius 1 is 1.17 bits per heavy atom. The molecule has 1 aromatic carbocycles. The molecule has 1 aliphatic rings. The molecule has 0 bridgehead atoms. The maximum absolute atomic E-state index is 13.2. The minimum absolute atomic E-state index is 0.0212. The molecular weight excluding hydrogens is 246 g/mol. The van der Waals surface area contributed by atoms with Gasteiger partial charge in [0.25, 0.3) is 0 Å². The molecule has 1 aliphatic carbocycles. The Labute approximate surface area is 103 Å². The van der Waals surface area contributed by atoms with E-state index >= 15 is 0 Å². The minimum Gasteiger partial charge on any atom is -0.324 e. The first-order valence-electron chi connectivity index (χ1n) is 6.02. The Morgan fingerprint density at radius 3 is 2.33 bits per heavy atom. The van der Waals surface area contributed by atoms with Crippen LogP contribution in [0.2, 0.25) is 0 Å². The SMILES string of the molecule is N[C@H](c1cc(F)ccc1C(F)(F)F)C1CCCC1. The minimum atomic E-state index is -4.49. The van der Waals surface area contributed by atoms with Crippen LogP contribution in [0.15, 0.2) is 18.2 Å². The predicted octanol–water partition coefficient (Wildman–Crippen LogP) is 4.03. The highest BCUT2D eigenvalue weighted by molar-refractivity contribution is 5.33. The summed E-state index contributed by atoms with van der Waals surface area (Å²) in [5.74, 6) is -0.653. The van der Waals surface area contributed by atoms with Crippen LogP contribution in [0.4, 0.5) is 17.6 Å². The second-order valence-electron chi connectivity index (χ2n) is 4.80. The van der Waals surface area contributed by atoms with E-state index in [-0.39, 0.29) is 11.5 Å². The summed E-state index contributed by atoms with van der Waals surface area (Å²) in [5, 5.41) is 0. The van der Waals surface area contributed by atoms with E-state index in [9.17, 15) is 17.6 Å². The molecule has 0 aliphatic heterocycles. The third-order valence-electron chi connectivity index (χ3n) is 3.59. The number of nitrogens with two attached hydrogens (primary N) is 1. The van der Waals surface area contributed by atoms with E-state index in [1.165, 1.54) is 0 Å². The van der Waals surface area contributed by atoms with E-state index in [4.69, 9.17) is 5.73 Å². The Bertz CT molecular complexity index is 421. The standard InChI is InChI=1S/C13H15F4N/c14-9-5-6-11(13(15,16)17)10(7-9)12(18)8-3-1-2-4-8/h5-8,12H,1-4,18H2/t12-/m0/s1. The van der Waals surface area contributed by atoms with E-state index < -0.39 is 23.6 Å². The van der Waals surface area contributed by atoms with Crippen LogP contribution in [0.3, 0.4) is 0 Å². The van der Waals surface area contributed by atoms with Gasteiger partial charge < -0.3 is 5.73 Å². The first-order chi connectivity index (χ1) is 8.39. The van der Waals surface area contributed by atoms with E-state index in [2.05, 4.69) is 0 Å². The lowest BCUT2D eigenvalue weighted by Crippen LogP contribution is -2.23. The van der Waals surface area contributed by atoms with E-state index in [1.54, 1.807) is 0 Å². The largest absolute Gasteiger partial charge is 0.416 e. The van der Waals surface area contributed by atoms with Gasteiger partial charge in [0.05, 0.1) is 5.56 Å². The van der Waals surface area contributed by atoms with Crippen molar-refractivity contribution in [1.29, 1.82) is 0 Å². The Balaban J connectivity index is 2.38. The molecule has 0 spiro atoms. The van der Waals surface area contributed by atoms with E-state index in [0.29, 0.717) is 0 Å². The average Bonchev–Trinajstić information content (AvgIpc) is 2.79. The summed E-state index contributed by atoms with van der Waals surface area (Å²) >= 11 is 0. The summed E-state index contributed by atoms with van der Waals surface area (Å²) in [7, 11) is 0. The topological polar surface area (TPSA) is 26.0 Å². The van der Waals surface area contributed by atoms with Crippen molar-refractivity contribution < 1.29 is 17.6 Å². The molecule has 1 aromatic rings. The first-order valence-corrected chi connectivity index (χ1v) is 6.02. The van der Waals surface area contributed by atoms with Gasteiger partial charge in [-0.1, -0.05) is 12.8 Å². The number of benzene rings is 1. The molecule has 0 heterocycles. The molecule has 0 radical (unpaired) electrons. The van der Waals surface area contributed by atoms with Crippen LogP contribution in [0.5, 0.6) is 0 Å². The van der Waals surface area contributed by atoms with Crippen molar-refractivity contribution in [1.82, 2.24) is 0 Å². The fourth-order valence-corrected chi connectivity index (χ4v) is 2.64. The summed E-state index contributed by atoms with van der Waals surface area (Å²) < 4.78 is 51.7. The molecule has 1 fully saturated rings. The predicted molar refractivity (Wildman–Crippen MR) is 60.3 cm³/mol. The van der Waals surface area contributed by atoms with E-state index in [0.717, 1.165) is 43.9 Å². The molecule has 0 amide bonds. The smallest absolute Gasteiger partial charge is 0.324 e. The van der Waals surface area contributed by atoms with Crippen molar-refractivity contribution in [2.24, 2.45) is 11.7 Å². The Kier molecular flexibility index (Phi) is 3.61. The van der Waals surface area contributed by atoms with Crippen molar-refractivity contribution in [3.63, 3.8) is 0 Å². The first kappa shape index (κ1) is 13.3. The van der Waals surface area contributed by atoms with Crippen molar-refractivity contribution in [3.05, 3.63) is 35.1 Å². The number of halogens is 4. The molecule has 1 saturated carbocycles. The van der Waals surface area contributed by atoms with Crippen LogP contribution in [-0.2, 0) is 6.18 Å². The van der Waals surface area contributed by atoms with Gasteiger partial charge in [0, 0.05) is 6.04 Å². The number of rotatable bonds is 2. The maximum atomic E-state index is 13.2. The number of alkyl halides is 3. The lowest BCUT2D eigenvalue weighted by atomic mass is 9.89. The van der Waals surface area contributed by atoms with Gasteiger partial charge in [-0.05, 0) is 42.5 Å². The van der Waals surface area contributed by atoms with Crippen LogP contribution < -0.4 is 5.73 Å². The molecular formula is C13H15F4N. The lowest BCUT2D eigenvalue weighted by molar-refractivity contribution is -0.138. The molecule has 2 N–H and O–H groups in total. The maximum Gasteiger partial charge on any atom is 0.416 e. The fourth-order valence-electron chi connectivity index (χ4n) is 2.64. The molecule has 1 atom stereocenters. The summed E-state index contributed by atoms with van der Waals surface area (Å²) in [6.07, 6.45) is -0.896. The van der Waals surface area contributed by atoms with Gasteiger partial charge in [0.1, 0.15) is 5.82 Å². The second kappa shape index (κ2) is 4.88. The molecule has 100 valence electrons. The zero-order chi connectivity index (χ0) is 13.3. The van der Waals surface area contributed by atoms with E-state index in [1.807, 2.05) is 0 Å². The monoisotopic (exact) mass is 261 g/mol. The van der Waals surface area contributed by atoms with Gasteiger partial charge in [-0.2, -0.15) is 13.2 Å². The van der Waals surface area contributed by atoms with Crippen LogP contribution >= 0.6 is 0 Å². The molecule has 0 unspecified atom stereocenters. The molecule has 2 rings (SSSR count). The van der Waals surface area contributed by atoms with Gasteiger partial charge in [0.15, 0.2) is 0 Å². The molecule has 1 nitrogen and oxygen atoms in total.